The van der Waals surface area contributed by atoms with Gasteiger partial charge in [0.1, 0.15) is 6.54 Å². The Morgan fingerprint density at radius 3 is 2.33 bits per heavy atom. The maximum atomic E-state index is 12.9. The van der Waals surface area contributed by atoms with Crippen LogP contribution in [0.2, 0.25) is 0 Å². The van der Waals surface area contributed by atoms with E-state index in [9.17, 15) is 18.0 Å². The molecule has 2 N–H and O–H groups in total. The van der Waals surface area contributed by atoms with Gasteiger partial charge in [0.2, 0.25) is 0 Å². The van der Waals surface area contributed by atoms with E-state index in [0.717, 1.165) is 23.3 Å². The quantitative estimate of drug-likeness (QED) is 0.636. The zero-order valence-corrected chi connectivity index (χ0v) is 16.7. The van der Waals surface area contributed by atoms with E-state index < -0.39 is 9.84 Å². The minimum Gasteiger partial charge on any atom is -0.355 e. The molecule has 27 heavy (non-hydrogen) atoms. The third-order valence-electron chi connectivity index (χ3n) is 5.23. The first-order chi connectivity index (χ1) is 12.8. The van der Waals surface area contributed by atoms with Crippen LogP contribution in [0.4, 0.5) is 0 Å². The van der Waals surface area contributed by atoms with Gasteiger partial charge in [0.15, 0.2) is 16.4 Å². The van der Waals surface area contributed by atoms with Crippen molar-refractivity contribution in [2.75, 3.05) is 32.1 Å². The van der Waals surface area contributed by atoms with Crippen molar-refractivity contribution >= 4 is 21.7 Å². The number of rotatable bonds is 7. The van der Waals surface area contributed by atoms with Crippen LogP contribution in [0.1, 0.15) is 35.2 Å². The number of nitrogens with one attached hydrogen (secondary N) is 2. The Kier molecular flexibility index (Phi) is 5.86. The van der Waals surface area contributed by atoms with Crippen LogP contribution in [0.5, 0.6) is 0 Å². The number of carbonyl (C=O) groups excluding carboxylic acids is 2. The average molecular weight is 395 g/mol. The summed E-state index contributed by atoms with van der Waals surface area (Å²) in [4.78, 5) is 27.4. The van der Waals surface area contributed by atoms with Gasteiger partial charge in [0.25, 0.3) is 11.8 Å². The average Bonchev–Trinajstić information content (AvgIpc) is 3.38. The molecule has 3 rings (SSSR count). The molecule has 1 aliphatic heterocycles. The van der Waals surface area contributed by atoms with Crippen LogP contribution in [-0.2, 0) is 21.2 Å². The molecule has 8 heteroatoms. The molecule has 2 aliphatic rings. The predicted molar refractivity (Wildman–Crippen MR) is 102 cm³/mol. The summed E-state index contributed by atoms with van der Waals surface area (Å²) in [5.74, 6) is 0.215. The van der Waals surface area contributed by atoms with E-state index in [1.165, 1.54) is 0 Å². The molecule has 1 aliphatic carbocycles. The molecule has 0 spiro atoms. The summed E-state index contributed by atoms with van der Waals surface area (Å²) in [6.45, 7) is 1.01. The number of amides is 2. The first-order valence-corrected chi connectivity index (χ1v) is 11.2. The highest BCUT2D eigenvalue weighted by Gasteiger charge is 2.42. The Balaban J connectivity index is 1.58. The molecule has 0 radical (unpaired) electrons. The largest absolute Gasteiger partial charge is 0.355 e. The van der Waals surface area contributed by atoms with E-state index in [0.29, 0.717) is 25.1 Å². The molecule has 0 aromatic heterocycles. The summed E-state index contributed by atoms with van der Waals surface area (Å²) >= 11 is 0. The van der Waals surface area contributed by atoms with Gasteiger partial charge in [-0.25, -0.2) is 8.42 Å². The maximum Gasteiger partial charge on any atom is 0.278 e. The van der Waals surface area contributed by atoms with Gasteiger partial charge in [0, 0.05) is 30.3 Å². The lowest BCUT2D eigenvalue weighted by Crippen LogP contribution is -3.09. The van der Waals surface area contributed by atoms with Crippen LogP contribution in [0.3, 0.4) is 0 Å². The van der Waals surface area contributed by atoms with E-state index in [1.807, 2.05) is 24.1 Å². The number of sulfone groups is 1. The molecule has 1 saturated heterocycles. The summed E-state index contributed by atoms with van der Waals surface area (Å²) < 4.78 is 23.6. The van der Waals surface area contributed by atoms with Crippen molar-refractivity contribution < 1.29 is 22.9 Å². The number of nitrogens with zero attached hydrogens (tertiary/aromatic N) is 1. The molecule has 2 amide bonds. The topological polar surface area (TPSA) is 88.0 Å². The van der Waals surface area contributed by atoms with Crippen molar-refractivity contribution in [2.45, 2.75) is 37.9 Å². The van der Waals surface area contributed by atoms with Crippen LogP contribution >= 0.6 is 0 Å². The molecule has 0 bridgehead atoms. The van der Waals surface area contributed by atoms with Gasteiger partial charge in [-0.2, -0.15) is 0 Å². The molecule has 1 heterocycles. The Bertz CT molecular complexity index is 803. The summed E-state index contributed by atoms with van der Waals surface area (Å²) in [5.41, 5.74) is 1.66. The van der Waals surface area contributed by atoms with Gasteiger partial charge in [-0.3, -0.25) is 9.59 Å². The van der Waals surface area contributed by atoms with Crippen molar-refractivity contribution in [3.63, 3.8) is 0 Å². The zero-order chi connectivity index (χ0) is 19.6. The van der Waals surface area contributed by atoms with Gasteiger partial charge >= 0.3 is 0 Å². The summed E-state index contributed by atoms with van der Waals surface area (Å²) in [6.07, 6.45) is 2.51. The fraction of sp³-hybridized carbons (Fsp3) is 0.579. The van der Waals surface area contributed by atoms with Gasteiger partial charge in [0.05, 0.1) is 18.6 Å². The molecule has 2 fully saturated rings. The van der Waals surface area contributed by atoms with Crippen LogP contribution in [0.15, 0.2) is 24.3 Å². The van der Waals surface area contributed by atoms with Crippen molar-refractivity contribution in [2.24, 2.45) is 0 Å². The van der Waals surface area contributed by atoms with Crippen LogP contribution in [-0.4, -0.2) is 69.4 Å². The van der Waals surface area contributed by atoms with Crippen LogP contribution in [0.25, 0.3) is 0 Å². The Morgan fingerprint density at radius 1 is 1.15 bits per heavy atom. The molecule has 2 atom stereocenters. The van der Waals surface area contributed by atoms with Gasteiger partial charge < -0.3 is 15.1 Å². The Labute approximate surface area is 160 Å². The fourth-order valence-corrected chi connectivity index (χ4v) is 5.44. The highest BCUT2D eigenvalue weighted by molar-refractivity contribution is 7.91. The van der Waals surface area contributed by atoms with E-state index in [4.69, 9.17) is 0 Å². The van der Waals surface area contributed by atoms with Crippen LogP contribution < -0.4 is 10.2 Å². The van der Waals surface area contributed by atoms with Crippen molar-refractivity contribution in [1.82, 2.24) is 10.2 Å². The van der Waals surface area contributed by atoms with Crippen molar-refractivity contribution in [1.29, 1.82) is 0 Å². The van der Waals surface area contributed by atoms with E-state index in [2.05, 4.69) is 5.32 Å². The van der Waals surface area contributed by atoms with Gasteiger partial charge in [-0.1, -0.05) is 12.1 Å². The number of benzene rings is 1. The number of likely N-dealkylation sites (N-methyl/N-ethyl adjacent to an activating group) is 1. The van der Waals surface area contributed by atoms with Crippen molar-refractivity contribution in [3.05, 3.63) is 35.4 Å². The maximum absolute atomic E-state index is 12.9. The van der Waals surface area contributed by atoms with Gasteiger partial charge in [-0.15, -0.1) is 0 Å². The first-order valence-electron chi connectivity index (χ1n) is 9.43. The Hall–Kier alpha value is -1.93. The van der Waals surface area contributed by atoms with Crippen molar-refractivity contribution in [3.8, 4) is 0 Å². The minimum atomic E-state index is -3.00. The molecule has 1 saturated carbocycles. The lowest BCUT2D eigenvalue weighted by Gasteiger charge is -2.29. The SMILES string of the molecule is CNC(=O)c1ccc(C[NH+](C)CC(=O)N(C2CC2)[C@@H]2CCS(=O)(=O)C2)cc1. The fourth-order valence-electron chi connectivity index (χ4n) is 3.73. The molecule has 1 aromatic carbocycles. The highest BCUT2D eigenvalue weighted by atomic mass is 32.2. The molecule has 1 unspecified atom stereocenters. The standard InChI is InChI=1S/C19H27N3O4S/c1-20-19(24)15-5-3-14(4-6-15)11-21(2)12-18(23)22(16-7-8-16)17-9-10-27(25,26)13-17/h3-6,16-17H,7-13H2,1-2H3,(H,20,24)/p+1/t17-/m1/s1. The number of carbonyl (C=O) groups is 2. The second kappa shape index (κ2) is 7.98. The van der Waals surface area contributed by atoms with Crippen LogP contribution in [0, 0.1) is 0 Å². The number of quaternary nitrogens is 1. The molecule has 1 aromatic rings. The van der Waals surface area contributed by atoms with Gasteiger partial charge in [-0.05, 0) is 31.4 Å². The molecule has 7 nitrogen and oxygen atoms in total. The lowest BCUT2D eigenvalue weighted by molar-refractivity contribution is -0.885. The molecular weight excluding hydrogens is 366 g/mol. The summed E-state index contributed by atoms with van der Waals surface area (Å²) in [5, 5.41) is 2.59. The molecule has 148 valence electrons. The third kappa shape index (κ3) is 5.07. The second-order valence-corrected chi connectivity index (χ2v) is 9.90. The Morgan fingerprint density at radius 2 is 1.81 bits per heavy atom. The summed E-state index contributed by atoms with van der Waals surface area (Å²) in [7, 11) is 0.554. The van der Waals surface area contributed by atoms with E-state index >= 15 is 0 Å². The minimum absolute atomic E-state index is 0.0408. The first kappa shape index (κ1) is 19.8. The second-order valence-electron chi connectivity index (χ2n) is 7.68. The highest BCUT2D eigenvalue weighted by Crippen LogP contribution is 2.32. The number of hydrogen-bond acceptors (Lipinski definition) is 4. The predicted octanol–water partition coefficient (Wildman–Crippen LogP) is -0.761. The third-order valence-corrected chi connectivity index (χ3v) is 6.98. The smallest absolute Gasteiger partial charge is 0.278 e. The van der Waals surface area contributed by atoms with E-state index in [-0.39, 0.29) is 35.4 Å². The summed E-state index contributed by atoms with van der Waals surface area (Å²) in [6, 6.07) is 7.43. The zero-order valence-electron chi connectivity index (χ0n) is 15.9. The number of hydrogen-bond donors (Lipinski definition) is 2. The molecular formula is C19H28N3O4S+. The normalized spacial score (nSPS) is 22.2. The van der Waals surface area contributed by atoms with E-state index in [1.54, 1.807) is 19.2 Å². The lowest BCUT2D eigenvalue weighted by atomic mass is 10.1. The monoisotopic (exact) mass is 394 g/mol.